The topological polar surface area (TPSA) is 51.8 Å². The van der Waals surface area contributed by atoms with Gasteiger partial charge in [-0.1, -0.05) is 103 Å². The van der Waals surface area contributed by atoms with Crippen LogP contribution in [0, 0.1) is 0 Å². The van der Waals surface area contributed by atoms with Gasteiger partial charge in [0.1, 0.15) is 11.2 Å². The van der Waals surface area contributed by atoms with E-state index in [0.29, 0.717) is 22.5 Å². The van der Waals surface area contributed by atoms with E-state index in [-0.39, 0.29) is 0 Å². The van der Waals surface area contributed by atoms with Crippen LogP contribution >= 0.6 is 11.6 Å². The highest BCUT2D eigenvalue weighted by molar-refractivity contribution is 6.38. The van der Waals surface area contributed by atoms with Gasteiger partial charge in [-0.05, 0) is 23.6 Å². The molecular weight excluding hydrogens is 466 g/mol. The molecule has 0 saturated carbocycles. The van der Waals surface area contributed by atoms with Gasteiger partial charge in [-0.2, -0.15) is 0 Å². The largest absolute Gasteiger partial charge is 0.455 e. The third-order valence-corrected chi connectivity index (χ3v) is 6.71. The van der Waals surface area contributed by atoms with E-state index < -0.39 is 0 Å². The van der Waals surface area contributed by atoms with E-state index >= 15 is 0 Å². The molecule has 0 unspecified atom stereocenters. The summed E-state index contributed by atoms with van der Waals surface area (Å²) >= 11 is 6.64. The van der Waals surface area contributed by atoms with Crippen molar-refractivity contribution in [1.82, 2.24) is 15.0 Å². The molecule has 0 aliphatic rings. The summed E-state index contributed by atoms with van der Waals surface area (Å²) in [6, 6.07) is 36.0. The molecule has 2 aromatic heterocycles. The molecule has 4 nitrogen and oxygen atoms in total. The van der Waals surface area contributed by atoms with Gasteiger partial charge < -0.3 is 4.42 Å². The molecule has 0 bridgehead atoms. The second-order valence-electron chi connectivity index (χ2n) is 8.60. The molecule has 2 heterocycles. The molecule has 7 aromatic rings. The second kappa shape index (κ2) is 8.29. The molecule has 0 atom stereocenters. The molecule has 0 fully saturated rings. The number of aromatic nitrogens is 3. The zero-order valence-corrected chi connectivity index (χ0v) is 19.8. The van der Waals surface area contributed by atoms with Gasteiger partial charge in [0.15, 0.2) is 17.5 Å². The van der Waals surface area contributed by atoms with E-state index in [0.717, 1.165) is 49.4 Å². The van der Waals surface area contributed by atoms with Crippen molar-refractivity contribution in [3.63, 3.8) is 0 Å². The summed E-state index contributed by atoms with van der Waals surface area (Å²) < 4.78 is 6.29. The highest BCUT2D eigenvalue weighted by atomic mass is 35.5. The van der Waals surface area contributed by atoms with E-state index in [2.05, 4.69) is 18.2 Å². The molecule has 0 N–H and O–H groups in total. The standard InChI is InChI=1S/C31H18ClN3O/c32-25-16-9-17-26-27(25)24-18-23(21-14-7-8-15-22(21)28(24)36-26)31-34-29(19-10-3-1-4-11-19)33-30(35-31)20-12-5-2-6-13-20/h1-18H. The number of halogens is 1. The van der Waals surface area contributed by atoms with Crippen molar-refractivity contribution in [3.05, 3.63) is 114 Å². The van der Waals surface area contributed by atoms with Gasteiger partial charge in [0, 0.05) is 32.8 Å². The van der Waals surface area contributed by atoms with Crippen LogP contribution in [0.4, 0.5) is 0 Å². The number of hydrogen-bond donors (Lipinski definition) is 0. The fraction of sp³-hybridized carbons (Fsp3) is 0. The van der Waals surface area contributed by atoms with E-state index in [4.69, 9.17) is 31.0 Å². The number of furan rings is 1. The zero-order valence-electron chi connectivity index (χ0n) is 19.0. The summed E-state index contributed by atoms with van der Waals surface area (Å²) in [7, 11) is 0. The first-order valence-electron chi connectivity index (χ1n) is 11.7. The molecule has 5 aromatic carbocycles. The highest BCUT2D eigenvalue weighted by Crippen LogP contribution is 2.41. The molecule has 0 aliphatic carbocycles. The Kier molecular flexibility index (Phi) is 4.79. The van der Waals surface area contributed by atoms with E-state index in [1.807, 2.05) is 91.0 Å². The minimum atomic E-state index is 0.599. The van der Waals surface area contributed by atoms with E-state index in [1.54, 1.807) is 0 Å². The fourth-order valence-electron chi connectivity index (χ4n) is 4.72. The summed E-state index contributed by atoms with van der Waals surface area (Å²) in [6.45, 7) is 0. The molecule has 36 heavy (non-hydrogen) atoms. The fourth-order valence-corrected chi connectivity index (χ4v) is 4.99. The first kappa shape index (κ1) is 20.8. The first-order chi connectivity index (χ1) is 17.8. The summed E-state index contributed by atoms with van der Waals surface area (Å²) in [5, 5.41) is 4.47. The predicted molar refractivity (Wildman–Crippen MR) is 146 cm³/mol. The molecule has 0 aliphatic heterocycles. The lowest BCUT2D eigenvalue weighted by molar-refractivity contribution is 0.672. The number of hydrogen-bond acceptors (Lipinski definition) is 4. The van der Waals surface area contributed by atoms with Crippen molar-refractivity contribution >= 4 is 44.3 Å². The average molecular weight is 484 g/mol. The van der Waals surface area contributed by atoms with Crippen molar-refractivity contribution in [2.75, 3.05) is 0 Å². The van der Waals surface area contributed by atoms with Crippen LogP contribution in [0.5, 0.6) is 0 Å². The molecule has 7 rings (SSSR count). The number of nitrogens with zero attached hydrogens (tertiary/aromatic N) is 3. The van der Waals surface area contributed by atoms with Crippen molar-refractivity contribution in [2.45, 2.75) is 0 Å². The van der Waals surface area contributed by atoms with Crippen LogP contribution in [0.1, 0.15) is 0 Å². The van der Waals surface area contributed by atoms with Crippen LogP contribution in [-0.4, -0.2) is 15.0 Å². The Morgan fingerprint density at radius 1 is 0.528 bits per heavy atom. The summed E-state index contributed by atoms with van der Waals surface area (Å²) in [4.78, 5) is 14.7. The predicted octanol–water partition coefficient (Wildman–Crippen LogP) is 8.58. The van der Waals surface area contributed by atoms with Crippen molar-refractivity contribution < 1.29 is 4.42 Å². The smallest absolute Gasteiger partial charge is 0.164 e. The Balaban J connectivity index is 1.58. The van der Waals surface area contributed by atoms with E-state index in [9.17, 15) is 0 Å². The molecule has 5 heteroatoms. The lowest BCUT2D eigenvalue weighted by Crippen LogP contribution is -2.00. The van der Waals surface area contributed by atoms with Crippen molar-refractivity contribution in [2.24, 2.45) is 0 Å². The quantitative estimate of drug-likeness (QED) is 0.252. The number of benzene rings is 5. The minimum absolute atomic E-state index is 0.599. The van der Waals surface area contributed by atoms with Crippen LogP contribution in [0.2, 0.25) is 5.02 Å². The Hall–Kier alpha value is -4.54. The SMILES string of the molecule is Clc1cccc2oc3c4ccccc4c(-c4nc(-c5ccccc5)nc(-c5ccccc5)n4)cc3c12. The third kappa shape index (κ3) is 3.35. The van der Waals surface area contributed by atoms with Crippen molar-refractivity contribution in [1.29, 1.82) is 0 Å². The Morgan fingerprint density at radius 3 is 1.78 bits per heavy atom. The molecular formula is C31H18ClN3O. The van der Waals surface area contributed by atoms with Gasteiger partial charge in [0.2, 0.25) is 0 Å². The lowest BCUT2D eigenvalue weighted by Gasteiger charge is -2.11. The van der Waals surface area contributed by atoms with Gasteiger partial charge in [-0.15, -0.1) is 0 Å². The Labute approximate surface area is 211 Å². The zero-order chi connectivity index (χ0) is 24.1. The highest BCUT2D eigenvalue weighted by Gasteiger charge is 2.19. The first-order valence-corrected chi connectivity index (χ1v) is 12.0. The maximum atomic E-state index is 6.64. The average Bonchev–Trinajstić information content (AvgIpc) is 3.33. The maximum Gasteiger partial charge on any atom is 0.164 e. The number of rotatable bonds is 3. The molecule has 0 spiro atoms. The van der Waals surface area contributed by atoms with Crippen LogP contribution < -0.4 is 0 Å². The molecule has 0 radical (unpaired) electrons. The van der Waals surface area contributed by atoms with E-state index in [1.165, 1.54) is 0 Å². The second-order valence-corrected chi connectivity index (χ2v) is 9.01. The van der Waals surface area contributed by atoms with Crippen LogP contribution in [-0.2, 0) is 0 Å². The van der Waals surface area contributed by atoms with Crippen LogP contribution in [0.3, 0.4) is 0 Å². The summed E-state index contributed by atoms with van der Waals surface area (Å²) in [6.07, 6.45) is 0. The van der Waals surface area contributed by atoms with Crippen molar-refractivity contribution in [3.8, 4) is 34.2 Å². The molecule has 0 saturated heterocycles. The van der Waals surface area contributed by atoms with Gasteiger partial charge >= 0.3 is 0 Å². The molecule has 170 valence electrons. The van der Waals surface area contributed by atoms with Crippen LogP contribution in [0.15, 0.2) is 114 Å². The van der Waals surface area contributed by atoms with Gasteiger partial charge in [0.05, 0.1) is 5.02 Å². The Bertz CT molecular complexity index is 1840. The summed E-state index contributed by atoms with van der Waals surface area (Å²) in [5.41, 5.74) is 4.32. The van der Waals surface area contributed by atoms with Gasteiger partial charge in [-0.25, -0.2) is 15.0 Å². The Morgan fingerprint density at radius 2 is 1.11 bits per heavy atom. The normalized spacial score (nSPS) is 11.5. The summed E-state index contributed by atoms with van der Waals surface area (Å²) in [5.74, 6) is 1.85. The molecule has 0 amide bonds. The van der Waals surface area contributed by atoms with Gasteiger partial charge in [0.25, 0.3) is 0 Å². The van der Waals surface area contributed by atoms with Gasteiger partial charge in [-0.3, -0.25) is 0 Å². The number of fused-ring (bicyclic) bond motifs is 5. The monoisotopic (exact) mass is 483 g/mol. The maximum absolute atomic E-state index is 6.64. The lowest BCUT2D eigenvalue weighted by atomic mass is 9.99. The third-order valence-electron chi connectivity index (χ3n) is 6.39. The minimum Gasteiger partial charge on any atom is -0.455 e. The van der Waals surface area contributed by atoms with Crippen LogP contribution in [0.25, 0.3) is 66.9 Å².